The molecule has 0 bridgehead atoms. The minimum atomic E-state index is -0.618. The largest absolute Gasteiger partial charge is 0.321 e. The fourth-order valence-corrected chi connectivity index (χ4v) is 4.38. The normalized spacial score (nSPS) is 11.0. The first-order valence-electron chi connectivity index (χ1n) is 11.9. The van der Waals surface area contributed by atoms with E-state index in [1.54, 1.807) is 54.6 Å². The van der Waals surface area contributed by atoms with Crippen LogP contribution in [0.1, 0.15) is 26.3 Å². The SMILES string of the molecule is O=C(Nc1cccc(SCC(=O)c2ccc(F)cc2)c1)/C(=C/c1ccc([N+](=O)[O-])cc1)NC(=O)c1ccccc1. The highest BCUT2D eigenvalue weighted by molar-refractivity contribution is 8.00. The van der Waals surface area contributed by atoms with E-state index in [-0.39, 0.29) is 22.9 Å². The predicted octanol–water partition coefficient (Wildman–Crippen LogP) is 6.12. The lowest BCUT2D eigenvalue weighted by molar-refractivity contribution is -0.384. The van der Waals surface area contributed by atoms with Gasteiger partial charge >= 0.3 is 0 Å². The third-order valence-electron chi connectivity index (χ3n) is 5.57. The minimum Gasteiger partial charge on any atom is -0.321 e. The Morgan fingerprint density at radius 2 is 1.55 bits per heavy atom. The molecule has 2 amide bonds. The molecule has 0 aromatic heterocycles. The van der Waals surface area contributed by atoms with Crippen LogP contribution in [-0.2, 0) is 4.79 Å². The first-order valence-corrected chi connectivity index (χ1v) is 12.9. The molecule has 0 saturated carbocycles. The summed E-state index contributed by atoms with van der Waals surface area (Å²) in [6.45, 7) is 0. The molecule has 0 fully saturated rings. The monoisotopic (exact) mass is 555 g/mol. The van der Waals surface area contributed by atoms with Gasteiger partial charge in [-0.25, -0.2) is 4.39 Å². The highest BCUT2D eigenvalue weighted by Gasteiger charge is 2.16. The Kier molecular flexibility index (Phi) is 9.16. The number of carbonyl (C=O) groups is 3. The quantitative estimate of drug-likeness (QED) is 0.0800. The second-order valence-corrected chi connectivity index (χ2v) is 9.48. The molecular weight excluding hydrogens is 533 g/mol. The number of ketones is 1. The average Bonchev–Trinajstić information content (AvgIpc) is 2.97. The molecule has 0 unspecified atom stereocenters. The maximum absolute atomic E-state index is 13.3. The number of nitro groups is 1. The van der Waals surface area contributed by atoms with E-state index in [0.29, 0.717) is 27.3 Å². The summed E-state index contributed by atoms with van der Waals surface area (Å²) >= 11 is 1.26. The summed E-state index contributed by atoms with van der Waals surface area (Å²) in [5.74, 6) is -1.60. The molecule has 0 aliphatic rings. The number of nitrogens with zero attached hydrogens (tertiary/aromatic N) is 1. The second-order valence-electron chi connectivity index (χ2n) is 8.43. The molecule has 10 heteroatoms. The van der Waals surface area contributed by atoms with Gasteiger partial charge in [-0.1, -0.05) is 24.3 Å². The molecule has 0 aliphatic carbocycles. The number of amides is 2. The molecule has 0 aliphatic heterocycles. The van der Waals surface area contributed by atoms with Crippen LogP contribution in [-0.4, -0.2) is 28.3 Å². The van der Waals surface area contributed by atoms with Crippen molar-refractivity contribution in [3.05, 3.63) is 141 Å². The number of rotatable bonds is 10. The van der Waals surface area contributed by atoms with Crippen LogP contribution in [0, 0.1) is 15.9 Å². The van der Waals surface area contributed by atoms with Crippen LogP contribution in [0.25, 0.3) is 6.08 Å². The van der Waals surface area contributed by atoms with Gasteiger partial charge in [0.05, 0.1) is 10.7 Å². The van der Waals surface area contributed by atoms with Crippen LogP contribution in [0.5, 0.6) is 0 Å². The summed E-state index contributed by atoms with van der Waals surface area (Å²) < 4.78 is 13.1. The van der Waals surface area contributed by atoms with Crippen molar-refractivity contribution in [2.24, 2.45) is 0 Å². The smallest absolute Gasteiger partial charge is 0.272 e. The van der Waals surface area contributed by atoms with E-state index in [9.17, 15) is 28.9 Å². The highest BCUT2D eigenvalue weighted by atomic mass is 32.2. The van der Waals surface area contributed by atoms with Gasteiger partial charge < -0.3 is 10.6 Å². The van der Waals surface area contributed by atoms with Gasteiger partial charge in [0.25, 0.3) is 17.5 Å². The fourth-order valence-electron chi connectivity index (χ4n) is 3.53. The molecule has 200 valence electrons. The summed E-state index contributed by atoms with van der Waals surface area (Å²) in [6, 6.07) is 26.0. The number of non-ortho nitro benzene ring substituents is 1. The highest BCUT2D eigenvalue weighted by Crippen LogP contribution is 2.23. The molecule has 0 spiro atoms. The van der Waals surface area contributed by atoms with Crippen molar-refractivity contribution in [3.8, 4) is 0 Å². The summed E-state index contributed by atoms with van der Waals surface area (Å²) in [5.41, 5.74) is 1.44. The molecule has 4 aromatic rings. The molecule has 0 atom stereocenters. The number of hydrogen-bond donors (Lipinski definition) is 2. The van der Waals surface area contributed by atoms with Crippen molar-refractivity contribution in [1.29, 1.82) is 0 Å². The van der Waals surface area contributed by atoms with Gasteiger partial charge in [0.15, 0.2) is 5.78 Å². The van der Waals surface area contributed by atoms with Gasteiger partial charge in [0, 0.05) is 33.8 Å². The number of hydrogen-bond acceptors (Lipinski definition) is 6. The lowest BCUT2D eigenvalue weighted by atomic mass is 10.1. The van der Waals surface area contributed by atoms with E-state index >= 15 is 0 Å². The lowest BCUT2D eigenvalue weighted by Crippen LogP contribution is -2.30. The van der Waals surface area contributed by atoms with E-state index < -0.39 is 22.6 Å². The zero-order valence-corrected chi connectivity index (χ0v) is 21.7. The Hall–Kier alpha value is -5.09. The first kappa shape index (κ1) is 27.9. The van der Waals surface area contributed by atoms with Gasteiger partial charge in [0.2, 0.25) is 0 Å². The van der Waals surface area contributed by atoms with Gasteiger partial charge in [0.1, 0.15) is 11.5 Å². The van der Waals surface area contributed by atoms with Gasteiger partial charge in [-0.05, 0) is 78.4 Å². The van der Waals surface area contributed by atoms with Crippen LogP contribution >= 0.6 is 11.8 Å². The van der Waals surface area contributed by atoms with E-state index in [4.69, 9.17) is 0 Å². The molecule has 40 heavy (non-hydrogen) atoms. The molecule has 2 N–H and O–H groups in total. The summed E-state index contributed by atoms with van der Waals surface area (Å²) in [6.07, 6.45) is 1.42. The van der Waals surface area contributed by atoms with Crippen LogP contribution in [0.2, 0.25) is 0 Å². The number of nitro benzene ring substituents is 1. The average molecular weight is 556 g/mol. The molecular formula is C30H22FN3O5S. The molecule has 0 radical (unpaired) electrons. The third-order valence-corrected chi connectivity index (χ3v) is 6.57. The van der Waals surface area contributed by atoms with Gasteiger partial charge in [-0.3, -0.25) is 24.5 Å². The van der Waals surface area contributed by atoms with E-state index in [1.165, 1.54) is 66.4 Å². The lowest BCUT2D eigenvalue weighted by Gasteiger charge is -2.12. The standard InChI is InChI=1S/C30H22FN3O5S/c31-23-13-11-21(12-14-23)28(35)19-40-26-8-4-7-24(18-26)32-30(37)27(33-29(36)22-5-2-1-3-6-22)17-20-9-15-25(16-10-20)34(38)39/h1-18H,19H2,(H,32,37)(H,33,36)/b27-17-. The molecule has 8 nitrogen and oxygen atoms in total. The fraction of sp³-hybridized carbons (Fsp3) is 0.0333. The maximum Gasteiger partial charge on any atom is 0.272 e. The number of anilines is 1. The van der Waals surface area contributed by atoms with Crippen molar-refractivity contribution in [1.82, 2.24) is 5.32 Å². The third kappa shape index (κ3) is 7.71. The zero-order valence-electron chi connectivity index (χ0n) is 20.9. The van der Waals surface area contributed by atoms with E-state index in [1.807, 2.05) is 0 Å². The number of benzene rings is 4. The topological polar surface area (TPSA) is 118 Å². The first-order chi connectivity index (χ1) is 19.3. The Balaban J connectivity index is 1.50. The van der Waals surface area contributed by atoms with E-state index in [2.05, 4.69) is 10.6 Å². The van der Waals surface area contributed by atoms with Crippen molar-refractivity contribution < 1.29 is 23.7 Å². The van der Waals surface area contributed by atoms with Crippen molar-refractivity contribution in [3.63, 3.8) is 0 Å². The molecule has 0 heterocycles. The Labute approximate surface area is 233 Å². The van der Waals surface area contributed by atoms with Crippen molar-refractivity contribution in [2.75, 3.05) is 11.1 Å². The van der Waals surface area contributed by atoms with Crippen LogP contribution in [0.4, 0.5) is 15.8 Å². The second kappa shape index (κ2) is 13.1. The van der Waals surface area contributed by atoms with E-state index in [0.717, 1.165) is 0 Å². The van der Waals surface area contributed by atoms with Crippen LogP contribution in [0.3, 0.4) is 0 Å². The number of thioether (sulfide) groups is 1. The Morgan fingerprint density at radius 1 is 0.850 bits per heavy atom. The molecule has 0 saturated heterocycles. The number of carbonyl (C=O) groups excluding carboxylic acids is 3. The predicted molar refractivity (Wildman–Crippen MR) is 152 cm³/mol. The minimum absolute atomic E-state index is 0.0766. The van der Waals surface area contributed by atoms with Crippen LogP contribution in [0.15, 0.2) is 114 Å². The molecule has 4 rings (SSSR count). The Morgan fingerprint density at radius 3 is 2.23 bits per heavy atom. The zero-order chi connectivity index (χ0) is 28.5. The number of Topliss-reactive ketones (excluding diaryl/α,β-unsaturated/α-hetero) is 1. The van der Waals surface area contributed by atoms with Crippen molar-refractivity contribution in [2.45, 2.75) is 4.90 Å². The summed E-state index contributed by atoms with van der Waals surface area (Å²) in [5, 5.41) is 16.3. The maximum atomic E-state index is 13.3. The molecule has 4 aromatic carbocycles. The van der Waals surface area contributed by atoms with Gasteiger partial charge in [-0.15, -0.1) is 11.8 Å². The number of nitrogens with one attached hydrogen (secondary N) is 2. The summed E-state index contributed by atoms with van der Waals surface area (Å²) in [4.78, 5) is 49.7. The van der Waals surface area contributed by atoms with Crippen molar-refractivity contribution >= 4 is 46.8 Å². The summed E-state index contributed by atoms with van der Waals surface area (Å²) in [7, 11) is 0. The Bertz CT molecular complexity index is 1570. The number of halogens is 1. The van der Waals surface area contributed by atoms with Gasteiger partial charge in [-0.2, -0.15) is 0 Å². The van der Waals surface area contributed by atoms with Crippen LogP contribution < -0.4 is 10.6 Å².